The topological polar surface area (TPSA) is 59.6 Å². The number of nitrogens with one attached hydrogen (secondary N) is 1. The molecule has 0 saturated carbocycles. The molecule has 0 bridgehead atoms. The minimum absolute atomic E-state index is 0.648. The zero-order chi connectivity index (χ0) is 13.7. The minimum Gasteiger partial charge on any atom is -0.384 e. The smallest absolute Gasteiger partial charge is 0.121 e. The van der Waals surface area contributed by atoms with Gasteiger partial charge in [-0.15, -0.1) is 0 Å². The van der Waals surface area contributed by atoms with E-state index in [1.165, 1.54) is 0 Å². The molecule has 3 N–H and O–H groups in total. The Bertz CT molecular complexity index is 763. The number of aromatic nitrogens is 3. The second kappa shape index (κ2) is 4.03. The molecule has 0 aliphatic carbocycles. The molecule has 0 atom stereocenters. The average Bonchev–Trinajstić information content (AvgIpc) is 2.85. The second-order valence-electron chi connectivity index (χ2n) is 4.80. The molecule has 5 heteroatoms. The van der Waals surface area contributed by atoms with Crippen LogP contribution < -0.4 is 5.73 Å². The van der Waals surface area contributed by atoms with Crippen molar-refractivity contribution in [3.63, 3.8) is 0 Å². The van der Waals surface area contributed by atoms with Crippen LogP contribution in [-0.4, -0.2) is 14.8 Å². The normalized spacial score (nSPS) is 11.4. The SMILES string of the molecule is Cc1[nH]c2c(C)c(Cl)ccc2c1-c1cc(N)n(C)n1. The monoisotopic (exact) mass is 274 g/mol. The lowest BCUT2D eigenvalue weighted by Crippen LogP contribution is -1.96. The fourth-order valence-electron chi connectivity index (χ4n) is 2.44. The van der Waals surface area contributed by atoms with Gasteiger partial charge in [0.2, 0.25) is 0 Å². The highest BCUT2D eigenvalue weighted by molar-refractivity contribution is 6.32. The Labute approximate surface area is 116 Å². The average molecular weight is 275 g/mol. The molecule has 0 fully saturated rings. The van der Waals surface area contributed by atoms with Gasteiger partial charge in [0.1, 0.15) is 5.82 Å². The van der Waals surface area contributed by atoms with E-state index in [9.17, 15) is 0 Å². The first kappa shape index (κ1) is 12.1. The molecule has 0 saturated heterocycles. The van der Waals surface area contributed by atoms with Gasteiger partial charge in [0.05, 0.1) is 11.2 Å². The van der Waals surface area contributed by atoms with Crippen LogP contribution in [0.25, 0.3) is 22.2 Å². The van der Waals surface area contributed by atoms with Crippen LogP contribution in [0.15, 0.2) is 18.2 Å². The Balaban J connectivity index is 2.35. The molecule has 2 aromatic heterocycles. The molecule has 0 radical (unpaired) electrons. The van der Waals surface area contributed by atoms with Crippen molar-refractivity contribution in [2.45, 2.75) is 13.8 Å². The fourth-order valence-corrected chi connectivity index (χ4v) is 2.60. The third kappa shape index (κ3) is 1.71. The van der Waals surface area contributed by atoms with Crippen molar-refractivity contribution in [1.82, 2.24) is 14.8 Å². The molecule has 2 heterocycles. The first-order chi connectivity index (χ1) is 8.99. The van der Waals surface area contributed by atoms with Crippen molar-refractivity contribution in [1.29, 1.82) is 0 Å². The molecule has 0 aliphatic heterocycles. The highest BCUT2D eigenvalue weighted by Gasteiger charge is 2.16. The summed E-state index contributed by atoms with van der Waals surface area (Å²) in [7, 11) is 1.84. The number of aryl methyl sites for hydroxylation is 3. The summed E-state index contributed by atoms with van der Waals surface area (Å²) < 4.78 is 1.68. The minimum atomic E-state index is 0.648. The van der Waals surface area contributed by atoms with Crippen molar-refractivity contribution >= 4 is 28.3 Å². The van der Waals surface area contributed by atoms with Gasteiger partial charge in [-0.25, -0.2) is 0 Å². The number of fused-ring (bicyclic) bond motifs is 1. The number of benzene rings is 1. The van der Waals surface area contributed by atoms with Gasteiger partial charge in [-0.1, -0.05) is 17.7 Å². The van der Waals surface area contributed by atoms with Crippen LogP contribution in [0.5, 0.6) is 0 Å². The van der Waals surface area contributed by atoms with Crippen molar-refractivity contribution in [3.05, 3.63) is 34.5 Å². The standard InChI is InChI=1S/C14H15ClN4/c1-7-10(15)5-4-9-13(8(2)17-14(7)9)11-6-12(16)19(3)18-11/h4-6,17H,16H2,1-3H3. The van der Waals surface area contributed by atoms with Gasteiger partial charge in [-0.05, 0) is 25.5 Å². The number of nitrogens with zero attached hydrogens (tertiary/aromatic N) is 2. The van der Waals surface area contributed by atoms with Crippen LogP contribution in [0.2, 0.25) is 5.02 Å². The third-order valence-corrected chi connectivity index (χ3v) is 3.94. The number of hydrogen-bond donors (Lipinski definition) is 2. The Hall–Kier alpha value is -1.94. The lowest BCUT2D eigenvalue weighted by Gasteiger charge is -2.00. The van der Waals surface area contributed by atoms with Crippen LogP contribution in [0, 0.1) is 13.8 Å². The van der Waals surface area contributed by atoms with Crippen LogP contribution in [0.4, 0.5) is 5.82 Å². The molecule has 0 spiro atoms. The predicted octanol–water partition coefficient (Wildman–Crippen LogP) is 3.42. The quantitative estimate of drug-likeness (QED) is 0.714. The number of halogens is 1. The van der Waals surface area contributed by atoms with E-state index >= 15 is 0 Å². The van der Waals surface area contributed by atoms with E-state index in [1.54, 1.807) is 4.68 Å². The summed E-state index contributed by atoms with van der Waals surface area (Å²) in [5, 5.41) is 6.34. The molecular formula is C14H15ClN4. The van der Waals surface area contributed by atoms with Crippen LogP contribution >= 0.6 is 11.6 Å². The van der Waals surface area contributed by atoms with Gasteiger partial charge in [-0.3, -0.25) is 4.68 Å². The third-order valence-electron chi connectivity index (χ3n) is 3.53. The van der Waals surface area contributed by atoms with Crippen molar-refractivity contribution in [2.75, 3.05) is 5.73 Å². The first-order valence-electron chi connectivity index (χ1n) is 6.06. The zero-order valence-electron chi connectivity index (χ0n) is 11.1. The maximum absolute atomic E-state index is 6.16. The van der Waals surface area contributed by atoms with Crippen LogP contribution in [-0.2, 0) is 7.05 Å². The molecule has 0 unspecified atom stereocenters. The van der Waals surface area contributed by atoms with Gasteiger partial charge in [0, 0.05) is 34.8 Å². The van der Waals surface area contributed by atoms with E-state index in [1.807, 2.05) is 39.1 Å². The second-order valence-corrected chi connectivity index (χ2v) is 5.21. The summed E-state index contributed by atoms with van der Waals surface area (Å²) in [6.45, 7) is 4.05. The summed E-state index contributed by atoms with van der Waals surface area (Å²) in [5.74, 6) is 0.648. The predicted molar refractivity (Wildman–Crippen MR) is 79.4 cm³/mol. The summed E-state index contributed by atoms with van der Waals surface area (Å²) in [6, 6.07) is 5.83. The van der Waals surface area contributed by atoms with Crippen molar-refractivity contribution in [2.24, 2.45) is 7.05 Å². The fraction of sp³-hybridized carbons (Fsp3) is 0.214. The van der Waals surface area contributed by atoms with Crippen molar-refractivity contribution in [3.8, 4) is 11.3 Å². The number of H-pyrrole nitrogens is 1. The maximum atomic E-state index is 6.16. The Kier molecular flexibility index (Phi) is 2.57. The van der Waals surface area contributed by atoms with E-state index in [0.717, 1.165) is 38.4 Å². The number of anilines is 1. The number of rotatable bonds is 1. The van der Waals surface area contributed by atoms with Crippen LogP contribution in [0.1, 0.15) is 11.3 Å². The molecule has 98 valence electrons. The Morgan fingerprint density at radius 3 is 2.68 bits per heavy atom. The molecule has 1 aromatic carbocycles. The Morgan fingerprint density at radius 2 is 2.05 bits per heavy atom. The van der Waals surface area contributed by atoms with Gasteiger partial charge < -0.3 is 10.7 Å². The zero-order valence-corrected chi connectivity index (χ0v) is 11.8. The molecule has 3 rings (SSSR count). The highest BCUT2D eigenvalue weighted by atomic mass is 35.5. The molecule has 19 heavy (non-hydrogen) atoms. The number of nitrogens with two attached hydrogens (primary N) is 1. The molecule has 4 nitrogen and oxygen atoms in total. The molecule has 0 amide bonds. The molecular weight excluding hydrogens is 260 g/mol. The van der Waals surface area contributed by atoms with E-state index < -0.39 is 0 Å². The summed E-state index contributed by atoms with van der Waals surface area (Å²) in [4.78, 5) is 3.39. The summed E-state index contributed by atoms with van der Waals surface area (Å²) in [5.41, 5.74) is 11.0. The van der Waals surface area contributed by atoms with E-state index in [2.05, 4.69) is 10.1 Å². The van der Waals surface area contributed by atoms with E-state index in [-0.39, 0.29) is 0 Å². The molecule has 0 aliphatic rings. The number of aromatic amines is 1. The number of nitrogen functional groups attached to an aromatic ring is 1. The van der Waals surface area contributed by atoms with Gasteiger partial charge in [-0.2, -0.15) is 5.10 Å². The summed E-state index contributed by atoms with van der Waals surface area (Å²) >= 11 is 6.16. The van der Waals surface area contributed by atoms with Gasteiger partial charge in [0.15, 0.2) is 0 Å². The first-order valence-corrected chi connectivity index (χ1v) is 6.44. The molecule has 3 aromatic rings. The van der Waals surface area contributed by atoms with Crippen molar-refractivity contribution < 1.29 is 0 Å². The maximum Gasteiger partial charge on any atom is 0.121 e. The highest BCUT2D eigenvalue weighted by Crippen LogP contribution is 2.35. The summed E-state index contributed by atoms with van der Waals surface area (Å²) in [6.07, 6.45) is 0. The van der Waals surface area contributed by atoms with E-state index in [4.69, 9.17) is 17.3 Å². The number of hydrogen-bond acceptors (Lipinski definition) is 2. The largest absolute Gasteiger partial charge is 0.384 e. The Morgan fingerprint density at radius 1 is 1.32 bits per heavy atom. The van der Waals surface area contributed by atoms with E-state index in [0.29, 0.717) is 5.82 Å². The lowest BCUT2D eigenvalue weighted by atomic mass is 10.1. The van der Waals surface area contributed by atoms with Gasteiger partial charge in [0.25, 0.3) is 0 Å². The van der Waals surface area contributed by atoms with Gasteiger partial charge >= 0.3 is 0 Å². The van der Waals surface area contributed by atoms with Crippen LogP contribution in [0.3, 0.4) is 0 Å². The lowest BCUT2D eigenvalue weighted by molar-refractivity contribution is 0.782.